The van der Waals surface area contributed by atoms with Crippen molar-refractivity contribution in [2.75, 3.05) is 19.4 Å². The van der Waals surface area contributed by atoms with Crippen LogP contribution in [0.4, 0.5) is 5.82 Å². The third-order valence-electron chi connectivity index (χ3n) is 5.24. The Morgan fingerprint density at radius 1 is 1.22 bits per heavy atom. The van der Waals surface area contributed by atoms with Crippen molar-refractivity contribution in [2.24, 2.45) is 5.73 Å². The lowest BCUT2D eigenvalue weighted by Crippen LogP contribution is -2.36. The third kappa shape index (κ3) is 4.71. The highest BCUT2D eigenvalue weighted by Crippen LogP contribution is 2.28. The van der Waals surface area contributed by atoms with Crippen LogP contribution in [-0.4, -0.2) is 46.9 Å². The molecule has 0 aliphatic heterocycles. The first-order chi connectivity index (χ1) is 12.9. The van der Waals surface area contributed by atoms with E-state index in [1.165, 1.54) is 18.9 Å². The predicted octanol–water partition coefficient (Wildman–Crippen LogP) is 3.42. The number of nitrogens with two attached hydrogens (primary N) is 1. The summed E-state index contributed by atoms with van der Waals surface area (Å²) in [6.45, 7) is 4.07. The minimum Gasteiger partial charge on any atom is -0.384 e. The Hall–Kier alpha value is -2.73. The number of hydrogen-bond donors (Lipinski definition) is 3. The lowest BCUT2D eigenvalue weighted by molar-refractivity contribution is 0.221. The van der Waals surface area contributed by atoms with E-state index < -0.39 is 0 Å². The van der Waals surface area contributed by atoms with Gasteiger partial charge in [0, 0.05) is 17.5 Å². The number of nitrogens with zero attached hydrogens (tertiary/aromatic N) is 3. The second-order valence-corrected chi connectivity index (χ2v) is 7.38. The van der Waals surface area contributed by atoms with Crippen molar-refractivity contribution in [3.05, 3.63) is 48.8 Å². The molecular formula is C21H28N6. The van der Waals surface area contributed by atoms with Crippen LogP contribution in [0.15, 0.2) is 43.3 Å². The zero-order valence-electron chi connectivity index (χ0n) is 16.1. The minimum atomic E-state index is 0.0101. The molecule has 6 heteroatoms. The molecule has 27 heavy (non-hydrogen) atoms. The lowest BCUT2D eigenvalue weighted by atomic mass is 9.90. The van der Waals surface area contributed by atoms with Crippen LogP contribution in [0.3, 0.4) is 0 Å². The molecule has 1 heterocycles. The maximum Gasteiger partial charge on any atom is 0.137 e. The predicted molar refractivity (Wildman–Crippen MR) is 113 cm³/mol. The number of allylic oxidation sites excluding steroid dienone is 2. The van der Waals surface area contributed by atoms with Crippen LogP contribution in [0.5, 0.6) is 0 Å². The number of benzene rings is 1. The van der Waals surface area contributed by atoms with Gasteiger partial charge in [-0.1, -0.05) is 18.7 Å². The van der Waals surface area contributed by atoms with E-state index in [9.17, 15) is 0 Å². The highest BCUT2D eigenvalue weighted by molar-refractivity contribution is 5.94. The van der Waals surface area contributed by atoms with Crippen molar-refractivity contribution in [1.82, 2.24) is 14.9 Å². The summed E-state index contributed by atoms with van der Waals surface area (Å²) in [6.07, 6.45) is 9.58. The summed E-state index contributed by atoms with van der Waals surface area (Å²) in [6, 6.07) is 7.12. The molecule has 1 aliphatic rings. The molecule has 4 N–H and O–H groups in total. The van der Waals surface area contributed by atoms with Gasteiger partial charge in [0.1, 0.15) is 18.0 Å². The third-order valence-corrected chi connectivity index (χ3v) is 5.24. The summed E-state index contributed by atoms with van der Waals surface area (Å²) >= 11 is 0. The van der Waals surface area contributed by atoms with Gasteiger partial charge in [0.15, 0.2) is 0 Å². The topological polar surface area (TPSA) is 90.9 Å². The largest absolute Gasteiger partial charge is 0.384 e. The summed E-state index contributed by atoms with van der Waals surface area (Å²) in [5.74, 6) is 0.884. The fourth-order valence-electron chi connectivity index (χ4n) is 3.59. The SMILES string of the molecule is C=C(/C=C\C(=N)N)c1ccc2ncnc(NC3CCC(N(C)C)CC3)c2c1. The average Bonchev–Trinajstić information content (AvgIpc) is 2.66. The van der Waals surface area contributed by atoms with Crippen LogP contribution < -0.4 is 11.1 Å². The Morgan fingerprint density at radius 2 is 1.96 bits per heavy atom. The Labute approximate surface area is 160 Å². The van der Waals surface area contributed by atoms with Gasteiger partial charge < -0.3 is 16.0 Å². The van der Waals surface area contributed by atoms with E-state index in [0.717, 1.165) is 40.7 Å². The molecule has 1 saturated carbocycles. The smallest absolute Gasteiger partial charge is 0.137 e. The number of amidine groups is 1. The standard InChI is InChI=1S/C21H28N6/c1-14(4-11-20(22)23)15-5-10-19-18(12-15)21(25-13-24-19)26-16-6-8-17(9-7-16)27(2)3/h4-5,10-13,16-17H,1,6-9H2,2-3H3,(H3,22,23)(H,24,25,26)/b11-4-. The summed E-state index contributed by atoms with van der Waals surface area (Å²) in [5, 5.41) is 11.9. The van der Waals surface area contributed by atoms with Crippen LogP contribution in [0.2, 0.25) is 0 Å². The normalized spacial score (nSPS) is 20.3. The van der Waals surface area contributed by atoms with E-state index in [1.807, 2.05) is 12.1 Å². The Balaban J connectivity index is 1.80. The van der Waals surface area contributed by atoms with Gasteiger partial charge >= 0.3 is 0 Å². The van der Waals surface area contributed by atoms with E-state index in [4.69, 9.17) is 11.1 Å². The van der Waals surface area contributed by atoms with Crippen molar-refractivity contribution in [1.29, 1.82) is 5.41 Å². The van der Waals surface area contributed by atoms with E-state index in [2.05, 4.69) is 46.9 Å². The molecule has 0 unspecified atom stereocenters. The average molecular weight is 364 g/mol. The molecule has 6 nitrogen and oxygen atoms in total. The van der Waals surface area contributed by atoms with Gasteiger partial charge in [-0.15, -0.1) is 0 Å². The minimum absolute atomic E-state index is 0.0101. The summed E-state index contributed by atoms with van der Waals surface area (Å²) in [4.78, 5) is 11.2. The van der Waals surface area contributed by atoms with Gasteiger partial charge in [0.25, 0.3) is 0 Å². The second-order valence-electron chi connectivity index (χ2n) is 7.38. The van der Waals surface area contributed by atoms with Crippen LogP contribution in [-0.2, 0) is 0 Å². The van der Waals surface area contributed by atoms with Crippen LogP contribution in [0.25, 0.3) is 16.5 Å². The van der Waals surface area contributed by atoms with E-state index in [1.54, 1.807) is 12.4 Å². The first kappa shape index (κ1) is 19.0. The van der Waals surface area contributed by atoms with Crippen LogP contribution >= 0.6 is 0 Å². The van der Waals surface area contributed by atoms with E-state index in [-0.39, 0.29) is 5.84 Å². The molecule has 0 atom stereocenters. The molecule has 1 aromatic carbocycles. The summed E-state index contributed by atoms with van der Waals surface area (Å²) < 4.78 is 0. The number of rotatable bonds is 6. The summed E-state index contributed by atoms with van der Waals surface area (Å²) in [7, 11) is 4.32. The molecule has 1 aliphatic carbocycles. The molecule has 3 rings (SSSR count). The van der Waals surface area contributed by atoms with Crippen molar-refractivity contribution < 1.29 is 0 Å². The highest BCUT2D eigenvalue weighted by Gasteiger charge is 2.23. The number of nitrogens with one attached hydrogen (secondary N) is 2. The number of aromatic nitrogens is 2. The van der Waals surface area contributed by atoms with E-state index >= 15 is 0 Å². The molecule has 0 radical (unpaired) electrons. The number of fused-ring (bicyclic) bond motifs is 1. The second kappa shape index (κ2) is 8.31. The molecule has 0 spiro atoms. The van der Waals surface area contributed by atoms with Crippen molar-refractivity contribution in [3.63, 3.8) is 0 Å². The van der Waals surface area contributed by atoms with Crippen LogP contribution in [0, 0.1) is 5.41 Å². The molecule has 0 bridgehead atoms. The zero-order chi connectivity index (χ0) is 19.4. The quantitative estimate of drug-likeness (QED) is 0.415. The Bertz CT molecular complexity index is 862. The maximum absolute atomic E-state index is 7.32. The van der Waals surface area contributed by atoms with Gasteiger partial charge in [-0.2, -0.15) is 0 Å². The molecule has 142 valence electrons. The van der Waals surface area contributed by atoms with Gasteiger partial charge in [-0.05, 0) is 69.1 Å². The molecule has 2 aromatic rings. The molecule has 1 fully saturated rings. The van der Waals surface area contributed by atoms with Gasteiger partial charge in [-0.25, -0.2) is 9.97 Å². The maximum atomic E-state index is 7.32. The highest BCUT2D eigenvalue weighted by atomic mass is 15.1. The zero-order valence-corrected chi connectivity index (χ0v) is 16.1. The summed E-state index contributed by atoms with van der Waals surface area (Å²) in [5.41, 5.74) is 8.06. The van der Waals surface area contributed by atoms with Gasteiger partial charge in [-0.3, -0.25) is 5.41 Å². The fraction of sp³-hybridized carbons (Fsp3) is 0.381. The Kier molecular flexibility index (Phi) is 5.86. The van der Waals surface area contributed by atoms with Crippen LogP contribution in [0.1, 0.15) is 31.2 Å². The monoisotopic (exact) mass is 364 g/mol. The van der Waals surface area contributed by atoms with E-state index in [0.29, 0.717) is 12.1 Å². The lowest BCUT2D eigenvalue weighted by Gasteiger charge is -2.33. The van der Waals surface area contributed by atoms with Crippen molar-refractivity contribution >= 4 is 28.1 Å². The molecular weight excluding hydrogens is 336 g/mol. The Morgan fingerprint density at radius 3 is 2.63 bits per heavy atom. The number of anilines is 1. The van der Waals surface area contributed by atoms with Crippen molar-refractivity contribution in [2.45, 2.75) is 37.8 Å². The van der Waals surface area contributed by atoms with Gasteiger partial charge in [0.05, 0.1) is 5.52 Å². The first-order valence-corrected chi connectivity index (χ1v) is 9.33. The molecule has 1 aromatic heterocycles. The van der Waals surface area contributed by atoms with Crippen molar-refractivity contribution in [3.8, 4) is 0 Å². The fourth-order valence-corrected chi connectivity index (χ4v) is 3.59. The number of hydrogen-bond acceptors (Lipinski definition) is 5. The first-order valence-electron chi connectivity index (χ1n) is 9.33. The van der Waals surface area contributed by atoms with Gasteiger partial charge in [0.2, 0.25) is 0 Å². The molecule has 0 amide bonds. The molecule has 0 saturated heterocycles.